The number of methoxy groups -OCH3 is 1. The number of hydrogen-bond donors (Lipinski definition) is 1. The number of rotatable bonds is 6. The molecule has 2 rings (SSSR count). The zero-order valence-electron chi connectivity index (χ0n) is 10.3. The summed E-state index contributed by atoms with van der Waals surface area (Å²) in [5.41, 5.74) is 0.814. The van der Waals surface area contributed by atoms with Gasteiger partial charge in [-0.3, -0.25) is 4.79 Å². The van der Waals surface area contributed by atoms with Gasteiger partial charge in [0, 0.05) is 7.11 Å². The summed E-state index contributed by atoms with van der Waals surface area (Å²) in [6.45, 7) is 1.04. The highest BCUT2D eigenvalue weighted by Gasteiger charge is 2.07. The Morgan fingerprint density at radius 1 is 1.47 bits per heavy atom. The van der Waals surface area contributed by atoms with Gasteiger partial charge in [-0.2, -0.15) is 0 Å². The van der Waals surface area contributed by atoms with Crippen LogP contribution >= 0.6 is 22.9 Å². The summed E-state index contributed by atoms with van der Waals surface area (Å²) in [5, 5.41) is 3.17. The van der Waals surface area contributed by atoms with E-state index in [1.807, 2.05) is 18.2 Å². The Morgan fingerprint density at radius 2 is 2.32 bits per heavy atom. The Labute approximate surface area is 119 Å². The van der Waals surface area contributed by atoms with Crippen LogP contribution in [0, 0.1) is 0 Å². The monoisotopic (exact) mass is 300 g/mol. The van der Waals surface area contributed by atoms with Crippen LogP contribution in [0.25, 0.3) is 10.2 Å². The van der Waals surface area contributed by atoms with Crippen molar-refractivity contribution in [1.82, 2.24) is 4.98 Å². The van der Waals surface area contributed by atoms with Crippen molar-refractivity contribution in [2.24, 2.45) is 0 Å². The van der Waals surface area contributed by atoms with E-state index in [1.165, 1.54) is 11.3 Å². The standard InChI is InChI=1S/C12H13ClN2O3S/c1-17-4-5-18-8-2-3-9-10(6-8)19-12(14-9)15-11(16)7-13/h2-3,6H,4-5,7H2,1H3,(H,14,15,16). The van der Waals surface area contributed by atoms with E-state index in [1.54, 1.807) is 7.11 Å². The highest BCUT2D eigenvalue weighted by atomic mass is 35.5. The number of benzene rings is 1. The highest BCUT2D eigenvalue weighted by molar-refractivity contribution is 7.22. The molecule has 0 aliphatic rings. The smallest absolute Gasteiger partial charge is 0.241 e. The number of amides is 1. The van der Waals surface area contributed by atoms with Gasteiger partial charge in [-0.05, 0) is 18.2 Å². The van der Waals surface area contributed by atoms with Crippen molar-refractivity contribution in [2.75, 3.05) is 31.5 Å². The fourth-order valence-corrected chi connectivity index (χ4v) is 2.42. The number of nitrogens with zero attached hydrogens (tertiary/aromatic N) is 1. The van der Waals surface area contributed by atoms with E-state index in [4.69, 9.17) is 21.1 Å². The van der Waals surface area contributed by atoms with Crippen LogP contribution in [0.5, 0.6) is 5.75 Å². The molecule has 1 aromatic heterocycles. The van der Waals surface area contributed by atoms with Crippen LogP contribution in [0.1, 0.15) is 0 Å². The normalized spacial score (nSPS) is 10.6. The Balaban J connectivity index is 2.11. The van der Waals surface area contributed by atoms with Gasteiger partial charge in [0.2, 0.25) is 5.91 Å². The fraction of sp³-hybridized carbons (Fsp3) is 0.333. The number of hydrogen-bond acceptors (Lipinski definition) is 5. The van der Waals surface area contributed by atoms with Gasteiger partial charge in [-0.15, -0.1) is 11.6 Å². The van der Waals surface area contributed by atoms with Crippen molar-refractivity contribution < 1.29 is 14.3 Å². The van der Waals surface area contributed by atoms with Crippen LogP contribution in [0.3, 0.4) is 0 Å². The second-order valence-corrected chi connectivity index (χ2v) is 4.97. The third kappa shape index (κ3) is 3.79. The lowest BCUT2D eigenvalue weighted by Gasteiger charge is -2.04. The number of carbonyl (C=O) groups excluding carboxylic acids is 1. The molecule has 0 saturated heterocycles. The lowest BCUT2D eigenvalue weighted by molar-refractivity contribution is -0.113. The van der Waals surface area contributed by atoms with Crippen LogP contribution in [0.2, 0.25) is 0 Å². The van der Waals surface area contributed by atoms with Gasteiger partial charge in [-0.25, -0.2) is 4.98 Å². The molecule has 1 aromatic carbocycles. The molecular weight excluding hydrogens is 288 g/mol. The maximum absolute atomic E-state index is 11.2. The van der Waals surface area contributed by atoms with Crippen LogP contribution < -0.4 is 10.1 Å². The molecule has 19 heavy (non-hydrogen) atoms. The molecule has 1 N–H and O–H groups in total. The third-order valence-corrected chi connectivity index (χ3v) is 3.46. The summed E-state index contributed by atoms with van der Waals surface area (Å²) in [4.78, 5) is 15.5. The number of ether oxygens (including phenoxy) is 2. The summed E-state index contributed by atoms with van der Waals surface area (Å²) in [6.07, 6.45) is 0. The molecule has 102 valence electrons. The van der Waals surface area contributed by atoms with E-state index in [2.05, 4.69) is 10.3 Å². The fourth-order valence-electron chi connectivity index (χ4n) is 1.44. The Kier molecular flexibility index (Phi) is 4.95. The number of alkyl halides is 1. The van der Waals surface area contributed by atoms with Crippen molar-refractivity contribution >= 4 is 44.2 Å². The predicted molar refractivity (Wildman–Crippen MR) is 76.3 cm³/mol. The topological polar surface area (TPSA) is 60.5 Å². The van der Waals surface area contributed by atoms with Gasteiger partial charge in [0.05, 0.1) is 16.8 Å². The number of carbonyl (C=O) groups is 1. The average Bonchev–Trinajstić information content (AvgIpc) is 2.80. The summed E-state index contributed by atoms with van der Waals surface area (Å²) < 4.78 is 11.4. The molecule has 0 atom stereocenters. The van der Waals surface area contributed by atoms with Crippen LogP contribution in [-0.2, 0) is 9.53 Å². The van der Waals surface area contributed by atoms with Gasteiger partial charge in [0.1, 0.15) is 18.2 Å². The summed E-state index contributed by atoms with van der Waals surface area (Å²) in [7, 11) is 1.63. The average molecular weight is 301 g/mol. The van der Waals surface area contributed by atoms with E-state index < -0.39 is 0 Å². The number of halogens is 1. The first-order valence-electron chi connectivity index (χ1n) is 5.61. The number of anilines is 1. The molecule has 0 fully saturated rings. The molecule has 0 bridgehead atoms. The molecule has 7 heteroatoms. The molecule has 0 unspecified atom stereocenters. The first kappa shape index (κ1) is 14.0. The van der Waals surface area contributed by atoms with E-state index in [9.17, 15) is 4.79 Å². The largest absolute Gasteiger partial charge is 0.491 e. The Hall–Kier alpha value is -1.37. The van der Waals surface area contributed by atoms with E-state index in [0.717, 1.165) is 16.0 Å². The maximum atomic E-state index is 11.2. The van der Waals surface area contributed by atoms with Gasteiger partial charge >= 0.3 is 0 Å². The molecule has 0 aliphatic heterocycles. The minimum Gasteiger partial charge on any atom is -0.491 e. The van der Waals surface area contributed by atoms with Crippen molar-refractivity contribution in [3.05, 3.63) is 18.2 Å². The number of nitrogens with one attached hydrogen (secondary N) is 1. The van der Waals surface area contributed by atoms with Crippen LogP contribution in [-0.4, -0.2) is 37.1 Å². The molecule has 1 amide bonds. The van der Waals surface area contributed by atoms with Crippen LogP contribution in [0.15, 0.2) is 18.2 Å². The minimum atomic E-state index is -0.266. The van der Waals surface area contributed by atoms with Gasteiger partial charge in [0.15, 0.2) is 5.13 Å². The maximum Gasteiger partial charge on any atom is 0.241 e. The number of aromatic nitrogens is 1. The van der Waals surface area contributed by atoms with Gasteiger partial charge in [0.25, 0.3) is 0 Å². The molecule has 0 radical (unpaired) electrons. The third-order valence-electron chi connectivity index (χ3n) is 2.28. The van der Waals surface area contributed by atoms with E-state index in [-0.39, 0.29) is 11.8 Å². The van der Waals surface area contributed by atoms with E-state index in [0.29, 0.717) is 18.3 Å². The summed E-state index contributed by atoms with van der Waals surface area (Å²) in [6, 6.07) is 5.58. The first-order chi connectivity index (χ1) is 9.22. The molecule has 0 aliphatic carbocycles. The minimum absolute atomic E-state index is 0.0820. The van der Waals surface area contributed by atoms with Crippen LogP contribution in [0.4, 0.5) is 5.13 Å². The molecule has 0 saturated carbocycles. The zero-order chi connectivity index (χ0) is 13.7. The van der Waals surface area contributed by atoms with Gasteiger partial charge in [-0.1, -0.05) is 11.3 Å². The van der Waals surface area contributed by atoms with E-state index >= 15 is 0 Å². The molecule has 1 heterocycles. The molecule has 0 spiro atoms. The van der Waals surface area contributed by atoms with Crippen molar-refractivity contribution in [2.45, 2.75) is 0 Å². The van der Waals surface area contributed by atoms with Crippen molar-refractivity contribution in [1.29, 1.82) is 0 Å². The Morgan fingerprint density at radius 3 is 3.05 bits per heavy atom. The van der Waals surface area contributed by atoms with Crippen molar-refractivity contribution in [3.8, 4) is 5.75 Å². The second-order valence-electron chi connectivity index (χ2n) is 3.67. The van der Waals surface area contributed by atoms with Gasteiger partial charge < -0.3 is 14.8 Å². The first-order valence-corrected chi connectivity index (χ1v) is 6.96. The molecule has 5 nitrogen and oxygen atoms in total. The lowest BCUT2D eigenvalue weighted by Crippen LogP contribution is -2.11. The highest BCUT2D eigenvalue weighted by Crippen LogP contribution is 2.29. The Bertz CT molecular complexity index is 573. The second kappa shape index (κ2) is 6.70. The van der Waals surface area contributed by atoms with Crippen molar-refractivity contribution in [3.63, 3.8) is 0 Å². The quantitative estimate of drug-likeness (QED) is 0.658. The zero-order valence-corrected chi connectivity index (χ0v) is 11.9. The summed E-state index contributed by atoms with van der Waals surface area (Å²) in [5.74, 6) is 0.405. The lowest BCUT2D eigenvalue weighted by atomic mass is 10.3. The molecular formula is C12H13ClN2O3S. The molecule has 2 aromatic rings. The SMILES string of the molecule is COCCOc1ccc2nc(NC(=O)CCl)sc2c1. The number of thiazole rings is 1. The predicted octanol–water partition coefficient (Wildman–Crippen LogP) is 2.50. The number of fused-ring (bicyclic) bond motifs is 1. The summed E-state index contributed by atoms with van der Waals surface area (Å²) >= 11 is 6.81.